The van der Waals surface area contributed by atoms with Crippen LogP contribution in [0.25, 0.3) is 10.2 Å². The maximum Gasteiger partial charge on any atom is 0.262 e. The fourth-order valence-corrected chi connectivity index (χ4v) is 4.50. The average molecular weight is 426 g/mol. The van der Waals surface area contributed by atoms with Gasteiger partial charge in [-0.1, -0.05) is 36.9 Å². The van der Waals surface area contributed by atoms with Crippen LogP contribution in [-0.4, -0.2) is 24.5 Å². The van der Waals surface area contributed by atoms with Gasteiger partial charge in [0.25, 0.3) is 5.56 Å². The predicted octanol–water partition coefficient (Wildman–Crippen LogP) is 3.36. The Morgan fingerprint density at radius 3 is 2.83 bits per heavy atom. The second-order valence-corrected chi connectivity index (χ2v) is 8.09. The van der Waals surface area contributed by atoms with Crippen molar-refractivity contribution in [1.82, 2.24) is 24.5 Å². The molecule has 0 saturated heterocycles. The average Bonchev–Trinajstić information content (AvgIpc) is 3.18. The molecular formula is C19H19N7OS2. The molecule has 1 aromatic carbocycles. The summed E-state index contributed by atoms with van der Waals surface area (Å²) in [6.45, 7) is 2.09. The Hall–Kier alpha value is -2.98. The van der Waals surface area contributed by atoms with Crippen molar-refractivity contribution in [2.75, 3.05) is 11.1 Å². The van der Waals surface area contributed by atoms with Gasteiger partial charge in [0.1, 0.15) is 10.7 Å². The van der Waals surface area contributed by atoms with Gasteiger partial charge in [0.05, 0.1) is 11.1 Å². The first-order chi connectivity index (χ1) is 14.0. The summed E-state index contributed by atoms with van der Waals surface area (Å²) in [6.07, 6.45) is 0.886. The van der Waals surface area contributed by atoms with Crippen molar-refractivity contribution in [3.8, 4) is 0 Å². The smallest absolute Gasteiger partial charge is 0.262 e. The first kappa shape index (κ1) is 19.3. The molecule has 0 saturated carbocycles. The fourth-order valence-electron chi connectivity index (χ4n) is 2.87. The third kappa shape index (κ3) is 4.08. The Kier molecular flexibility index (Phi) is 5.45. The van der Waals surface area contributed by atoms with Gasteiger partial charge < -0.3 is 11.1 Å². The minimum Gasteiger partial charge on any atom is -0.368 e. The zero-order valence-electron chi connectivity index (χ0n) is 15.9. The number of hydrogen-bond donors (Lipinski definition) is 2. The third-order valence-corrected chi connectivity index (χ3v) is 6.17. The number of nitrogens with zero attached hydrogens (tertiary/aromatic N) is 5. The third-order valence-electron chi connectivity index (χ3n) is 4.34. The largest absolute Gasteiger partial charge is 0.368 e. The van der Waals surface area contributed by atoms with Gasteiger partial charge in [-0.2, -0.15) is 15.0 Å². The quantitative estimate of drug-likeness (QED) is 0.357. The molecule has 3 N–H and O–H groups in total. The van der Waals surface area contributed by atoms with Gasteiger partial charge in [0.15, 0.2) is 5.16 Å². The summed E-state index contributed by atoms with van der Waals surface area (Å²) < 4.78 is 1.54. The molecule has 0 radical (unpaired) electrons. The minimum absolute atomic E-state index is 0.0626. The number of benzene rings is 1. The monoisotopic (exact) mass is 425 g/mol. The van der Waals surface area contributed by atoms with E-state index in [9.17, 15) is 4.79 Å². The number of thioether (sulfide) groups is 1. The van der Waals surface area contributed by atoms with Crippen molar-refractivity contribution in [3.05, 3.63) is 57.5 Å². The van der Waals surface area contributed by atoms with E-state index >= 15 is 0 Å². The second-order valence-electron chi connectivity index (χ2n) is 6.26. The van der Waals surface area contributed by atoms with Crippen LogP contribution in [0.2, 0.25) is 0 Å². The van der Waals surface area contributed by atoms with Gasteiger partial charge in [-0.3, -0.25) is 9.36 Å². The highest BCUT2D eigenvalue weighted by atomic mass is 32.2. The van der Waals surface area contributed by atoms with E-state index in [2.05, 4.69) is 38.2 Å². The number of para-hydroxylation sites is 1. The zero-order chi connectivity index (χ0) is 20.4. The lowest BCUT2D eigenvalue weighted by Gasteiger charge is -2.11. The normalized spacial score (nSPS) is 11.1. The molecule has 3 heterocycles. The van der Waals surface area contributed by atoms with Crippen LogP contribution in [0.15, 0.2) is 45.7 Å². The topological polar surface area (TPSA) is 112 Å². The highest BCUT2D eigenvalue weighted by Gasteiger charge is 2.12. The van der Waals surface area contributed by atoms with Crippen LogP contribution >= 0.6 is 23.1 Å². The van der Waals surface area contributed by atoms with Gasteiger partial charge in [-0.15, -0.1) is 11.3 Å². The predicted molar refractivity (Wildman–Crippen MR) is 118 cm³/mol. The molecule has 0 unspecified atom stereocenters. The second kappa shape index (κ2) is 8.18. The molecular weight excluding hydrogens is 406 g/mol. The van der Waals surface area contributed by atoms with Gasteiger partial charge in [-0.25, -0.2) is 4.98 Å². The van der Waals surface area contributed by atoms with E-state index in [-0.39, 0.29) is 11.5 Å². The summed E-state index contributed by atoms with van der Waals surface area (Å²) in [4.78, 5) is 30.6. The first-order valence-electron chi connectivity index (χ1n) is 8.97. The van der Waals surface area contributed by atoms with E-state index in [4.69, 9.17) is 5.73 Å². The first-order valence-corrected chi connectivity index (χ1v) is 10.8. The maximum absolute atomic E-state index is 12.4. The van der Waals surface area contributed by atoms with Crippen LogP contribution in [0.5, 0.6) is 0 Å². The number of fused-ring (bicyclic) bond motifs is 1. The van der Waals surface area contributed by atoms with E-state index in [0.29, 0.717) is 28.1 Å². The molecule has 4 aromatic rings. The Morgan fingerprint density at radius 1 is 1.17 bits per heavy atom. The highest BCUT2D eigenvalue weighted by molar-refractivity contribution is 7.98. The molecule has 3 aromatic heterocycles. The summed E-state index contributed by atoms with van der Waals surface area (Å²) in [7, 11) is 1.71. The molecule has 4 rings (SSSR count). The van der Waals surface area contributed by atoms with Crippen LogP contribution in [0, 0.1) is 0 Å². The minimum atomic E-state index is -0.0626. The van der Waals surface area contributed by atoms with Crippen LogP contribution in [0.1, 0.15) is 18.3 Å². The summed E-state index contributed by atoms with van der Waals surface area (Å²) in [5.74, 6) is 1.46. The summed E-state index contributed by atoms with van der Waals surface area (Å²) in [5, 5.41) is 6.33. The number of nitrogens with two attached hydrogens (primary N) is 1. The van der Waals surface area contributed by atoms with Gasteiger partial charge in [0, 0.05) is 12.7 Å². The molecule has 0 aliphatic heterocycles. The molecule has 0 fully saturated rings. The highest BCUT2D eigenvalue weighted by Crippen LogP contribution is 2.24. The molecule has 0 atom stereocenters. The van der Waals surface area contributed by atoms with Crippen LogP contribution in [-0.2, 0) is 19.2 Å². The van der Waals surface area contributed by atoms with E-state index in [1.165, 1.54) is 23.1 Å². The van der Waals surface area contributed by atoms with E-state index in [0.717, 1.165) is 22.5 Å². The molecule has 0 bridgehead atoms. The lowest BCUT2D eigenvalue weighted by Crippen LogP contribution is -2.19. The summed E-state index contributed by atoms with van der Waals surface area (Å²) >= 11 is 2.83. The maximum atomic E-state index is 12.4. The molecule has 0 amide bonds. The van der Waals surface area contributed by atoms with Crippen molar-refractivity contribution in [2.24, 2.45) is 7.05 Å². The number of nitrogens with one attached hydrogen (secondary N) is 1. The lowest BCUT2D eigenvalue weighted by molar-refractivity contribution is 0.727. The summed E-state index contributed by atoms with van der Waals surface area (Å²) in [6, 6.07) is 9.77. The number of anilines is 3. The Bertz CT molecular complexity index is 1230. The number of aryl methyl sites for hydroxylation is 1. The van der Waals surface area contributed by atoms with Crippen molar-refractivity contribution in [2.45, 2.75) is 24.3 Å². The van der Waals surface area contributed by atoms with Crippen molar-refractivity contribution < 1.29 is 0 Å². The molecule has 0 aliphatic rings. The summed E-state index contributed by atoms with van der Waals surface area (Å²) in [5.41, 5.74) is 7.92. The van der Waals surface area contributed by atoms with Crippen molar-refractivity contribution >= 4 is 50.9 Å². The van der Waals surface area contributed by atoms with Crippen molar-refractivity contribution in [3.63, 3.8) is 0 Å². The van der Waals surface area contributed by atoms with Crippen LogP contribution in [0.3, 0.4) is 0 Å². The molecule has 29 heavy (non-hydrogen) atoms. The zero-order valence-corrected chi connectivity index (χ0v) is 17.5. The molecule has 0 spiro atoms. The Balaban J connectivity index is 1.57. The van der Waals surface area contributed by atoms with E-state index < -0.39 is 0 Å². The number of rotatable bonds is 6. The number of aromatic nitrogens is 5. The van der Waals surface area contributed by atoms with Gasteiger partial charge >= 0.3 is 0 Å². The Morgan fingerprint density at radius 2 is 2.00 bits per heavy atom. The standard InChI is InChI=1S/C19H19N7OS2/c1-3-11-6-4-5-7-13(11)21-18-23-14(22-17(20)25-18)10-29-19-24-15-12(8-9-28-15)16(27)26(19)2/h4-9H,3,10H2,1-2H3,(H3,20,21,22,23,25). The number of thiophene rings is 1. The van der Waals surface area contributed by atoms with Gasteiger partial charge in [-0.05, 0) is 29.5 Å². The molecule has 10 heteroatoms. The van der Waals surface area contributed by atoms with Crippen molar-refractivity contribution in [1.29, 1.82) is 0 Å². The molecule has 0 aliphatic carbocycles. The number of hydrogen-bond acceptors (Lipinski definition) is 9. The van der Waals surface area contributed by atoms with E-state index in [1.54, 1.807) is 17.7 Å². The fraction of sp³-hybridized carbons (Fsp3) is 0.211. The Labute approximate surface area is 175 Å². The number of nitrogen functional groups attached to an aromatic ring is 1. The molecule has 148 valence electrons. The van der Waals surface area contributed by atoms with Gasteiger partial charge in [0.2, 0.25) is 11.9 Å². The lowest BCUT2D eigenvalue weighted by atomic mass is 10.1. The molecule has 8 nitrogen and oxygen atoms in total. The van der Waals surface area contributed by atoms with Crippen LogP contribution < -0.4 is 16.6 Å². The SMILES string of the molecule is CCc1ccccc1Nc1nc(N)nc(CSc2nc3sccc3c(=O)n2C)n1. The van der Waals surface area contributed by atoms with E-state index in [1.807, 2.05) is 23.6 Å². The van der Waals surface area contributed by atoms with Crippen LogP contribution in [0.4, 0.5) is 17.6 Å².